The van der Waals surface area contributed by atoms with Crippen LogP contribution in [-0.2, 0) is 34.8 Å². The normalized spacial score (nSPS) is 17.8. The van der Waals surface area contributed by atoms with Crippen molar-refractivity contribution in [1.29, 1.82) is 0 Å². The van der Waals surface area contributed by atoms with E-state index in [2.05, 4.69) is 23.2 Å². The minimum absolute atomic E-state index is 1.48. The first-order valence-corrected chi connectivity index (χ1v) is 13.1. The highest BCUT2D eigenvalue weighted by Gasteiger charge is 2.83. The summed E-state index contributed by atoms with van der Waals surface area (Å²) in [4.78, 5) is 0. The van der Waals surface area contributed by atoms with E-state index in [1.807, 2.05) is 4.74 Å². The fourth-order valence-electron chi connectivity index (χ4n) is 2.22. The average molecular weight is 895 g/mol. The lowest BCUT2D eigenvalue weighted by atomic mass is 10.1. The van der Waals surface area contributed by atoms with Gasteiger partial charge in [-0.15, -0.1) is 0 Å². The van der Waals surface area contributed by atoms with Gasteiger partial charge in [-0.05, 0) is 0 Å². The van der Waals surface area contributed by atoms with E-state index >= 15 is 0 Å². The van der Waals surface area contributed by atoms with E-state index in [1.54, 1.807) is 0 Å². The SMILES string of the molecule is O=S(=O)=C(Cl)C(F)(F)C(F)(F)OC(F)(C(F)(F)F)C(F)(F)C(F)=C(F)OC(F)=C(F)C(F)(F)C(F)(OC(F)(F)C(F)(F)C(Cl)=S(=O)=O)C(F)(F)F. The molecule has 35 heteroatoms. The summed E-state index contributed by atoms with van der Waals surface area (Å²) in [6, 6.07) is -9.99. The summed E-state index contributed by atoms with van der Waals surface area (Å²) in [7, 11) is -9.70. The van der Waals surface area contributed by atoms with Crippen molar-refractivity contribution >= 4 is 52.4 Å². The van der Waals surface area contributed by atoms with Crippen molar-refractivity contribution in [2.75, 3.05) is 0 Å². The third-order valence-electron chi connectivity index (χ3n) is 4.67. The molecule has 0 spiro atoms. The maximum atomic E-state index is 14.2. The van der Waals surface area contributed by atoms with Crippen LogP contribution in [0.15, 0.2) is 23.7 Å². The van der Waals surface area contributed by atoms with Gasteiger partial charge in [-0.25, -0.2) is 0 Å². The Hall–Kier alpha value is -2.52. The molecule has 0 saturated carbocycles. The second kappa shape index (κ2) is 14.4. The Labute approximate surface area is 272 Å². The number of hydrogen-bond donors (Lipinski definition) is 0. The molecule has 0 heterocycles. The van der Waals surface area contributed by atoms with Crippen LogP contribution < -0.4 is 0 Å². The van der Waals surface area contributed by atoms with Crippen molar-refractivity contribution in [2.45, 2.75) is 60.0 Å². The molecule has 0 aliphatic carbocycles. The van der Waals surface area contributed by atoms with Crippen LogP contribution >= 0.6 is 23.2 Å². The first-order valence-electron chi connectivity index (χ1n) is 10.2. The van der Waals surface area contributed by atoms with Crippen molar-refractivity contribution in [1.82, 2.24) is 0 Å². The zero-order chi connectivity index (χ0) is 41.7. The molecule has 2 atom stereocenters. The summed E-state index contributed by atoms with van der Waals surface area (Å²) in [5.41, 5.74) is 0. The number of ether oxygens (including phenoxy) is 3. The number of hydrogen-bond acceptors (Lipinski definition) is 7. The molecule has 0 bridgehead atoms. The lowest BCUT2D eigenvalue weighted by molar-refractivity contribution is -0.475. The van der Waals surface area contributed by atoms with Gasteiger partial charge in [0.15, 0.2) is 0 Å². The minimum Gasteiger partial charge on any atom is -0.400 e. The van der Waals surface area contributed by atoms with E-state index in [1.165, 1.54) is 9.47 Å². The fourth-order valence-corrected chi connectivity index (χ4v) is 3.09. The molecule has 0 saturated heterocycles. The quantitative estimate of drug-likeness (QED) is 0.0757. The summed E-state index contributed by atoms with van der Waals surface area (Å²) >= 11 is 8.22. The van der Waals surface area contributed by atoms with Gasteiger partial charge in [-0.3, -0.25) is 9.47 Å². The summed E-state index contributed by atoms with van der Waals surface area (Å²) in [5, 5.41) is 0. The molecular formula is C16Cl2F24O7S2. The second-order valence-corrected chi connectivity index (χ2v) is 11.0. The van der Waals surface area contributed by atoms with Gasteiger partial charge in [0.25, 0.3) is 0 Å². The molecule has 0 aromatic rings. The smallest absolute Gasteiger partial charge is 0.400 e. The maximum Gasteiger partial charge on any atom is 0.455 e. The molecular weight excluding hydrogens is 895 g/mol. The second-order valence-electron chi connectivity index (χ2n) is 8.02. The number of halogens is 26. The summed E-state index contributed by atoms with van der Waals surface area (Å²) < 4.78 is 365. The van der Waals surface area contributed by atoms with Gasteiger partial charge in [0.05, 0.1) is 0 Å². The van der Waals surface area contributed by atoms with Gasteiger partial charge in [-0.2, -0.15) is 122 Å². The van der Waals surface area contributed by atoms with Gasteiger partial charge in [-0.1, -0.05) is 23.2 Å². The lowest BCUT2D eigenvalue weighted by Gasteiger charge is -2.37. The highest BCUT2D eigenvalue weighted by atomic mass is 35.5. The van der Waals surface area contributed by atoms with Crippen molar-refractivity contribution in [2.24, 2.45) is 0 Å². The van der Waals surface area contributed by atoms with Gasteiger partial charge >= 0.3 is 72.0 Å². The first-order chi connectivity index (χ1) is 22.0. The van der Waals surface area contributed by atoms with E-state index in [-0.39, 0.29) is 0 Å². The van der Waals surface area contributed by atoms with Crippen LogP contribution in [0.2, 0.25) is 0 Å². The van der Waals surface area contributed by atoms with Crippen molar-refractivity contribution < 1.29 is 136 Å². The fraction of sp³-hybridized carbons (Fsp3) is 0.625. The Balaban J connectivity index is 7.42. The van der Waals surface area contributed by atoms with E-state index in [0.717, 1.165) is 0 Å². The van der Waals surface area contributed by atoms with Crippen LogP contribution in [0.3, 0.4) is 0 Å². The third kappa shape index (κ3) is 8.50. The highest BCUT2D eigenvalue weighted by Crippen LogP contribution is 2.57. The zero-order valence-electron chi connectivity index (χ0n) is 21.5. The molecule has 2 unspecified atom stereocenters. The Kier molecular flexibility index (Phi) is 13.7. The Morgan fingerprint density at radius 1 is 0.412 bits per heavy atom. The molecule has 0 aliphatic heterocycles. The third-order valence-corrected chi connectivity index (χ3v) is 7.00. The van der Waals surface area contributed by atoms with E-state index < -0.39 is 113 Å². The highest BCUT2D eigenvalue weighted by molar-refractivity contribution is 7.76. The summed E-state index contributed by atoms with van der Waals surface area (Å²) in [6.45, 7) is 0. The lowest BCUT2D eigenvalue weighted by Crippen LogP contribution is -2.63. The van der Waals surface area contributed by atoms with E-state index in [4.69, 9.17) is 0 Å². The molecule has 0 aromatic heterocycles. The van der Waals surface area contributed by atoms with Gasteiger partial charge in [0.1, 0.15) is 0 Å². The molecule has 0 aliphatic rings. The minimum atomic E-state index is -8.25. The van der Waals surface area contributed by atoms with Crippen LogP contribution in [0.4, 0.5) is 105 Å². The van der Waals surface area contributed by atoms with Crippen molar-refractivity contribution in [3.63, 3.8) is 0 Å². The largest absolute Gasteiger partial charge is 0.455 e. The van der Waals surface area contributed by atoms with Gasteiger partial charge in [0, 0.05) is 0 Å². The molecule has 0 aromatic carbocycles. The number of alkyl halides is 20. The van der Waals surface area contributed by atoms with Crippen LogP contribution in [0.5, 0.6) is 0 Å². The monoisotopic (exact) mass is 894 g/mol. The Morgan fingerprint density at radius 3 is 0.804 bits per heavy atom. The predicted molar refractivity (Wildman–Crippen MR) is 111 cm³/mol. The van der Waals surface area contributed by atoms with Crippen LogP contribution in [0, 0.1) is 0 Å². The van der Waals surface area contributed by atoms with Gasteiger partial charge in [0.2, 0.25) is 40.9 Å². The van der Waals surface area contributed by atoms with E-state index in [0.29, 0.717) is 0 Å². The van der Waals surface area contributed by atoms with Crippen molar-refractivity contribution in [3.05, 3.63) is 23.7 Å². The average Bonchev–Trinajstić information content (AvgIpc) is 2.92. The maximum absolute atomic E-state index is 14.2. The molecule has 0 fully saturated rings. The van der Waals surface area contributed by atoms with Crippen LogP contribution in [-0.4, -0.2) is 85.5 Å². The van der Waals surface area contributed by atoms with Crippen LogP contribution in [0.1, 0.15) is 0 Å². The zero-order valence-corrected chi connectivity index (χ0v) is 24.6. The Morgan fingerprint density at radius 2 is 0.627 bits per heavy atom. The molecule has 0 amide bonds. The number of rotatable bonds is 14. The standard InChI is InChI=1S/C16Cl2F24O7S2/c17-5(50(43)44)9(27,28)15(39,40)48-11(31,13(33,34)35)7(23,24)1(19)3(21)47-4(22)2(20)8(25,26)12(32,14(36,37)38)49-16(41,42)10(29,30)6(18)51(45)46. The molecule has 7 nitrogen and oxygen atoms in total. The summed E-state index contributed by atoms with van der Waals surface area (Å²) in [6.07, 6.45) is -31.7. The summed E-state index contributed by atoms with van der Waals surface area (Å²) in [5.74, 6) is -57.8. The Bertz CT molecular complexity index is 1570. The predicted octanol–water partition coefficient (Wildman–Crippen LogP) is 7.93. The van der Waals surface area contributed by atoms with Crippen LogP contribution in [0.25, 0.3) is 0 Å². The molecule has 0 N–H and O–H groups in total. The molecule has 0 radical (unpaired) electrons. The van der Waals surface area contributed by atoms with E-state index in [9.17, 15) is 122 Å². The molecule has 0 rings (SSSR count). The topological polar surface area (TPSA) is 96.0 Å². The van der Waals surface area contributed by atoms with Crippen molar-refractivity contribution in [3.8, 4) is 0 Å². The van der Waals surface area contributed by atoms with Gasteiger partial charge < -0.3 is 4.74 Å². The molecule has 300 valence electrons. The molecule has 51 heavy (non-hydrogen) atoms. The first kappa shape index (κ1) is 48.5.